The van der Waals surface area contributed by atoms with Gasteiger partial charge in [-0.15, -0.1) is 0 Å². The molecule has 0 aliphatic carbocycles. The van der Waals surface area contributed by atoms with Crippen LogP contribution in [0.15, 0.2) is 53.4 Å². The van der Waals surface area contributed by atoms with E-state index in [2.05, 4.69) is 17.0 Å². The fourth-order valence-corrected chi connectivity index (χ4v) is 5.40. The quantitative estimate of drug-likeness (QED) is 0.639. The van der Waals surface area contributed by atoms with Gasteiger partial charge < -0.3 is 14.5 Å². The number of likely N-dealkylation sites (tertiary alicyclic amines) is 1. The Bertz CT molecular complexity index is 1070. The maximum atomic E-state index is 13.4. The number of carbonyl (C=O) groups is 1. The molecule has 1 unspecified atom stereocenters. The van der Waals surface area contributed by atoms with Gasteiger partial charge in [0.1, 0.15) is 5.75 Å². The number of sulfonamides is 1. The van der Waals surface area contributed by atoms with Crippen LogP contribution in [0.4, 0.5) is 0 Å². The van der Waals surface area contributed by atoms with E-state index in [4.69, 9.17) is 4.74 Å². The molecule has 32 heavy (non-hydrogen) atoms. The summed E-state index contributed by atoms with van der Waals surface area (Å²) in [6.45, 7) is 2.90. The van der Waals surface area contributed by atoms with E-state index in [0.717, 1.165) is 30.8 Å². The lowest BCUT2D eigenvalue weighted by molar-refractivity contribution is -0.139. The molecular formula is C24H31N3O4S. The molecule has 2 atom stereocenters. The van der Waals surface area contributed by atoms with Gasteiger partial charge >= 0.3 is 0 Å². The molecule has 2 aromatic rings. The van der Waals surface area contributed by atoms with Gasteiger partial charge in [0.2, 0.25) is 10.0 Å². The standard InChI is InChI=1S/C24H31N3O4S/c1-25(2)32(29,30)20-11-12-22-19(15-20)16-23(31-22)24(28)26(3)21(17-27-13-7-8-14-27)18-9-5-4-6-10-18/h4-6,9-12,15,21,23H,7-8,13-14,16-17H2,1-3H3/t21?,23-/m0/s1. The SMILES string of the molecule is CN(C(=O)[C@@H]1Cc2cc(S(=O)(=O)N(C)C)ccc2O1)C(CN1CCCC1)c1ccccc1. The Morgan fingerprint density at radius 1 is 1.09 bits per heavy atom. The van der Waals surface area contributed by atoms with E-state index < -0.39 is 16.1 Å². The molecule has 8 heteroatoms. The maximum Gasteiger partial charge on any atom is 0.264 e. The van der Waals surface area contributed by atoms with Crippen LogP contribution in [0.2, 0.25) is 0 Å². The number of benzene rings is 2. The van der Waals surface area contributed by atoms with Crippen LogP contribution in [0.1, 0.15) is 30.0 Å². The summed E-state index contributed by atoms with van der Waals surface area (Å²) in [6, 6.07) is 14.8. The van der Waals surface area contributed by atoms with Crippen LogP contribution in [-0.4, -0.2) is 75.3 Å². The van der Waals surface area contributed by atoms with Gasteiger partial charge in [0.15, 0.2) is 6.10 Å². The molecule has 7 nitrogen and oxygen atoms in total. The minimum absolute atomic E-state index is 0.0706. The van der Waals surface area contributed by atoms with Crippen molar-refractivity contribution in [2.45, 2.75) is 36.3 Å². The van der Waals surface area contributed by atoms with Crippen molar-refractivity contribution in [3.8, 4) is 5.75 Å². The Labute approximate surface area is 190 Å². The molecule has 172 valence electrons. The van der Waals surface area contributed by atoms with Crippen molar-refractivity contribution < 1.29 is 17.9 Å². The zero-order chi connectivity index (χ0) is 22.9. The Morgan fingerprint density at radius 2 is 1.78 bits per heavy atom. The summed E-state index contributed by atoms with van der Waals surface area (Å²) in [6.07, 6.45) is 2.09. The van der Waals surface area contributed by atoms with Gasteiger partial charge in [-0.2, -0.15) is 0 Å². The molecule has 2 aliphatic heterocycles. The molecule has 2 heterocycles. The first-order valence-corrected chi connectivity index (χ1v) is 12.5. The van der Waals surface area contributed by atoms with Crippen molar-refractivity contribution in [1.82, 2.24) is 14.1 Å². The number of hydrogen-bond acceptors (Lipinski definition) is 5. The van der Waals surface area contributed by atoms with E-state index >= 15 is 0 Å². The molecule has 1 amide bonds. The van der Waals surface area contributed by atoms with Crippen LogP contribution in [0.3, 0.4) is 0 Å². The summed E-state index contributed by atoms with van der Waals surface area (Å²) in [4.78, 5) is 17.9. The first-order valence-electron chi connectivity index (χ1n) is 11.0. The van der Waals surface area contributed by atoms with Gasteiger partial charge in [-0.05, 0) is 55.3 Å². The molecule has 0 bridgehead atoms. The second-order valence-electron chi connectivity index (χ2n) is 8.75. The summed E-state index contributed by atoms with van der Waals surface area (Å²) in [5.41, 5.74) is 1.85. The fraction of sp³-hybridized carbons (Fsp3) is 0.458. The predicted molar refractivity (Wildman–Crippen MR) is 123 cm³/mol. The first kappa shape index (κ1) is 22.8. The molecule has 2 aliphatic rings. The largest absolute Gasteiger partial charge is 0.480 e. The number of likely N-dealkylation sites (N-methyl/N-ethyl adjacent to an activating group) is 1. The van der Waals surface area contributed by atoms with Gasteiger partial charge in [-0.3, -0.25) is 4.79 Å². The fourth-order valence-electron chi connectivity index (χ4n) is 4.45. The average Bonchev–Trinajstić information content (AvgIpc) is 3.46. The summed E-state index contributed by atoms with van der Waals surface area (Å²) in [5.74, 6) is 0.483. The second-order valence-corrected chi connectivity index (χ2v) is 10.9. The van der Waals surface area contributed by atoms with Crippen molar-refractivity contribution in [3.05, 3.63) is 59.7 Å². The molecule has 4 rings (SSSR count). The molecule has 0 spiro atoms. The highest BCUT2D eigenvalue weighted by atomic mass is 32.2. The number of hydrogen-bond donors (Lipinski definition) is 0. The number of amides is 1. The van der Waals surface area contributed by atoms with Crippen molar-refractivity contribution in [1.29, 1.82) is 0 Å². The number of fused-ring (bicyclic) bond motifs is 1. The lowest BCUT2D eigenvalue weighted by Gasteiger charge is -2.33. The molecule has 0 saturated carbocycles. The third-order valence-electron chi connectivity index (χ3n) is 6.39. The first-order chi connectivity index (χ1) is 15.3. The van der Waals surface area contributed by atoms with E-state index in [1.54, 1.807) is 17.0 Å². The number of ether oxygens (including phenoxy) is 1. The highest BCUT2D eigenvalue weighted by molar-refractivity contribution is 7.89. The van der Waals surface area contributed by atoms with Crippen LogP contribution in [0.5, 0.6) is 5.75 Å². The van der Waals surface area contributed by atoms with Crippen molar-refractivity contribution in [2.24, 2.45) is 0 Å². The summed E-state index contributed by atoms with van der Waals surface area (Å²) < 4.78 is 32.1. The third kappa shape index (κ3) is 4.53. The minimum Gasteiger partial charge on any atom is -0.480 e. The third-order valence-corrected chi connectivity index (χ3v) is 8.20. The Morgan fingerprint density at radius 3 is 2.44 bits per heavy atom. The van der Waals surface area contributed by atoms with Crippen molar-refractivity contribution in [2.75, 3.05) is 40.8 Å². The van der Waals surface area contributed by atoms with Crippen LogP contribution >= 0.6 is 0 Å². The topological polar surface area (TPSA) is 70.2 Å². The predicted octanol–water partition coefficient (Wildman–Crippen LogP) is 2.54. The lowest BCUT2D eigenvalue weighted by atomic mass is 10.0. The number of carbonyl (C=O) groups excluding carboxylic acids is 1. The summed E-state index contributed by atoms with van der Waals surface area (Å²) in [7, 11) is 1.31. The van der Waals surface area contributed by atoms with E-state index in [9.17, 15) is 13.2 Å². The number of rotatable bonds is 7. The second kappa shape index (κ2) is 9.21. The van der Waals surface area contributed by atoms with E-state index in [1.165, 1.54) is 37.3 Å². The minimum atomic E-state index is -3.54. The zero-order valence-corrected chi connectivity index (χ0v) is 19.7. The molecular weight excluding hydrogens is 426 g/mol. The Hall–Kier alpha value is -2.42. The molecule has 2 aromatic carbocycles. The van der Waals surface area contributed by atoms with Gasteiger partial charge in [0.05, 0.1) is 10.9 Å². The van der Waals surface area contributed by atoms with Gasteiger partial charge in [-0.25, -0.2) is 12.7 Å². The van der Waals surface area contributed by atoms with Gasteiger partial charge in [-0.1, -0.05) is 30.3 Å². The van der Waals surface area contributed by atoms with Crippen LogP contribution in [0.25, 0.3) is 0 Å². The average molecular weight is 458 g/mol. The van der Waals surface area contributed by atoms with E-state index in [-0.39, 0.29) is 16.8 Å². The zero-order valence-electron chi connectivity index (χ0n) is 18.9. The van der Waals surface area contributed by atoms with Crippen LogP contribution in [0, 0.1) is 0 Å². The molecule has 1 saturated heterocycles. The lowest BCUT2D eigenvalue weighted by Crippen LogP contribution is -2.44. The Balaban J connectivity index is 1.53. The smallest absolute Gasteiger partial charge is 0.264 e. The molecule has 0 radical (unpaired) electrons. The Kier molecular flexibility index (Phi) is 6.55. The van der Waals surface area contributed by atoms with Crippen LogP contribution < -0.4 is 4.74 Å². The van der Waals surface area contributed by atoms with E-state index in [1.807, 2.05) is 25.2 Å². The van der Waals surface area contributed by atoms with E-state index in [0.29, 0.717) is 12.2 Å². The number of nitrogens with zero attached hydrogens (tertiary/aromatic N) is 3. The van der Waals surface area contributed by atoms with Crippen molar-refractivity contribution in [3.63, 3.8) is 0 Å². The highest BCUT2D eigenvalue weighted by Crippen LogP contribution is 2.33. The molecule has 1 fully saturated rings. The summed E-state index contributed by atoms with van der Waals surface area (Å²) >= 11 is 0. The molecule has 0 N–H and O–H groups in total. The highest BCUT2D eigenvalue weighted by Gasteiger charge is 2.35. The van der Waals surface area contributed by atoms with Gasteiger partial charge in [0.25, 0.3) is 5.91 Å². The maximum absolute atomic E-state index is 13.4. The van der Waals surface area contributed by atoms with Crippen molar-refractivity contribution >= 4 is 15.9 Å². The van der Waals surface area contributed by atoms with Crippen LogP contribution in [-0.2, 0) is 21.2 Å². The normalized spacial score (nSPS) is 19.6. The van der Waals surface area contributed by atoms with Gasteiger partial charge in [0, 0.05) is 34.1 Å². The molecule has 0 aromatic heterocycles. The summed E-state index contributed by atoms with van der Waals surface area (Å²) in [5, 5.41) is 0. The monoisotopic (exact) mass is 457 g/mol.